The Kier molecular flexibility index (Phi) is 13.7. The van der Waals surface area contributed by atoms with Gasteiger partial charge in [0.15, 0.2) is 0 Å². The molecule has 0 aliphatic carbocycles. The van der Waals surface area contributed by atoms with Crippen LogP contribution in [-0.2, 0) is 0 Å². The highest BCUT2D eigenvalue weighted by atomic mass is 32.2. The zero-order valence-corrected chi connectivity index (χ0v) is 10.0. The molecule has 0 saturated carbocycles. The zero-order chi connectivity index (χ0) is 10.7. The molecule has 4 heteroatoms. The van der Waals surface area contributed by atoms with Gasteiger partial charge in [-0.05, 0) is 24.6 Å². The highest BCUT2D eigenvalue weighted by Gasteiger charge is 1.95. The predicted octanol–water partition coefficient (Wildman–Crippen LogP) is 3.53. The van der Waals surface area contributed by atoms with Gasteiger partial charge in [0, 0.05) is 12.2 Å². The van der Waals surface area contributed by atoms with Crippen LogP contribution < -0.4 is 0 Å². The summed E-state index contributed by atoms with van der Waals surface area (Å²) < 4.78 is 0.0544. The lowest BCUT2D eigenvalue weighted by Gasteiger charge is -1.98. The monoisotopic (exact) mass is 219 g/mol. The van der Waals surface area contributed by atoms with Gasteiger partial charge in [0.2, 0.25) is 4.38 Å². The standard InChI is InChI=1S/C5H10OS2.C4H7N/c1-4(2)3-8-5(6)7;1-2-3-4-5/h4H,3H2,1-2H3,(H,6,7);2-3H2,1H3. The lowest BCUT2D eigenvalue weighted by atomic mass is 10.3. The number of thiocarbonyl (C=S) groups is 1. The minimum atomic E-state index is 0.0544. The van der Waals surface area contributed by atoms with E-state index in [0.717, 1.165) is 12.2 Å². The van der Waals surface area contributed by atoms with Gasteiger partial charge in [0.1, 0.15) is 0 Å². The van der Waals surface area contributed by atoms with E-state index in [1.54, 1.807) is 0 Å². The van der Waals surface area contributed by atoms with Crippen LogP contribution in [0.2, 0.25) is 0 Å². The normalized spacial score (nSPS) is 8.54. The van der Waals surface area contributed by atoms with Crippen LogP contribution in [0.15, 0.2) is 0 Å². The van der Waals surface area contributed by atoms with Gasteiger partial charge in [-0.15, -0.1) is 0 Å². The number of unbranched alkanes of at least 4 members (excludes halogenated alkanes) is 1. The molecule has 2 nitrogen and oxygen atoms in total. The van der Waals surface area contributed by atoms with Crippen LogP contribution in [-0.4, -0.2) is 15.2 Å². The SMILES string of the molecule is CC(C)CSC(O)=S.CCCC#N. The van der Waals surface area contributed by atoms with Crippen LogP contribution in [0.4, 0.5) is 0 Å². The van der Waals surface area contributed by atoms with E-state index in [1.165, 1.54) is 11.8 Å². The number of aliphatic hydroxyl groups excluding tert-OH is 1. The van der Waals surface area contributed by atoms with Crippen LogP contribution in [0, 0.1) is 17.2 Å². The smallest absolute Gasteiger partial charge is 0.217 e. The number of nitriles is 1. The first kappa shape index (κ1) is 15.2. The second kappa shape index (κ2) is 11.7. The highest BCUT2D eigenvalue weighted by Crippen LogP contribution is 2.07. The van der Waals surface area contributed by atoms with E-state index < -0.39 is 0 Å². The van der Waals surface area contributed by atoms with Crippen molar-refractivity contribution in [2.75, 3.05) is 5.75 Å². The molecule has 0 aliphatic rings. The molecule has 0 saturated heterocycles. The van der Waals surface area contributed by atoms with Crippen molar-refractivity contribution in [3.8, 4) is 6.07 Å². The van der Waals surface area contributed by atoms with Crippen LogP contribution in [0.3, 0.4) is 0 Å². The average Bonchev–Trinajstić information content (AvgIpc) is 2.03. The first-order valence-electron chi connectivity index (χ1n) is 4.27. The van der Waals surface area contributed by atoms with E-state index in [1.807, 2.05) is 13.0 Å². The summed E-state index contributed by atoms with van der Waals surface area (Å²) in [6.07, 6.45) is 1.68. The summed E-state index contributed by atoms with van der Waals surface area (Å²) in [5.74, 6) is 1.51. The Morgan fingerprint density at radius 2 is 2.15 bits per heavy atom. The third kappa shape index (κ3) is 24.5. The third-order valence-corrected chi connectivity index (χ3v) is 2.34. The third-order valence-electron chi connectivity index (χ3n) is 0.902. The molecule has 0 aliphatic heterocycles. The molecule has 0 aromatic carbocycles. The molecule has 76 valence electrons. The molecule has 0 fully saturated rings. The van der Waals surface area contributed by atoms with Crippen molar-refractivity contribution in [1.29, 1.82) is 5.26 Å². The van der Waals surface area contributed by atoms with Crippen molar-refractivity contribution in [3.05, 3.63) is 0 Å². The van der Waals surface area contributed by atoms with Gasteiger partial charge < -0.3 is 5.11 Å². The van der Waals surface area contributed by atoms with E-state index >= 15 is 0 Å². The average molecular weight is 219 g/mol. The fraction of sp³-hybridized carbons (Fsp3) is 0.778. The summed E-state index contributed by atoms with van der Waals surface area (Å²) in [4.78, 5) is 0. The Morgan fingerprint density at radius 3 is 2.23 bits per heavy atom. The van der Waals surface area contributed by atoms with Crippen molar-refractivity contribution in [2.45, 2.75) is 33.6 Å². The molecule has 0 aromatic heterocycles. The van der Waals surface area contributed by atoms with Gasteiger partial charge >= 0.3 is 0 Å². The molecular weight excluding hydrogens is 202 g/mol. The molecule has 0 heterocycles. The number of thioether (sulfide) groups is 1. The lowest BCUT2D eigenvalue weighted by Crippen LogP contribution is -1.93. The lowest BCUT2D eigenvalue weighted by molar-refractivity contribution is 0.585. The van der Waals surface area contributed by atoms with Crippen molar-refractivity contribution in [3.63, 3.8) is 0 Å². The topological polar surface area (TPSA) is 44.0 Å². The molecule has 13 heavy (non-hydrogen) atoms. The summed E-state index contributed by atoms with van der Waals surface area (Å²) in [5, 5.41) is 16.3. The molecule has 0 unspecified atom stereocenters. The van der Waals surface area contributed by atoms with Gasteiger partial charge in [-0.3, -0.25) is 0 Å². The van der Waals surface area contributed by atoms with E-state index in [-0.39, 0.29) is 4.38 Å². The van der Waals surface area contributed by atoms with Crippen LogP contribution in [0.1, 0.15) is 33.6 Å². The zero-order valence-electron chi connectivity index (χ0n) is 8.41. The molecule has 0 bridgehead atoms. The minimum Gasteiger partial charge on any atom is -0.494 e. The van der Waals surface area contributed by atoms with Crippen molar-refractivity contribution in [2.24, 2.45) is 5.92 Å². The minimum absolute atomic E-state index is 0.0544. The number of aliphatic hydroxyl groups is 1. The second-order valence-electron chi connectivity index (χ2n) is 2.88. The van der Waals surface area contributed by atoms with Gasteiger partial charge in [0.05, 0.1) is 6.07 Å². The summed E-state index contributed by atoms with van der Waals surface area (Å²) in [5.41, 5.74) is 0. The van der Waals surface area contributed by atoms with E-state index in [9.17, 15) is 0 Å². The maximum Gasteiger partial charge on any atom is 0.217 e. The van der Waals surface area contributed by atoms with Crippen LogP contribution in [0.5, 0.6) is 0 Å². The summed E-state index contributed by atoms with van der Waals surface area (Å²) in [6, 6.07) is 2.02. The molecule has 0 rings (SSSR count). The molecule has 0 aromatic rings. The Morgan fingerprint density at radius 1 is 1.62 bits per heavy atom. The Hall–Kier alpha value is -0.270. The number of hydrogen-bond acceptors (Lipinski definition) is 3. The van der Waals surface area contributed by atoms with Gasteiger partial charge in [-0.25, -0.2) is 0 Å². The molecule has 0 amide bonds. The summed E-state index contributed by atoms with van der Waals surface area (Å²) in [7, 11) is 0. The number of nitrogens with zero attached hydrogens (tertiary/aromatic N) is 1. The van der Waals surface area contributed by atoms with E-state index in [4.69, 9.17) is 10.4 Å². The van der Waals surface area contributed by atoms with Crippen LogP contribution >= 0.6 is 24.0 Å². The largest absolute Gasteiger partial charge is 0.494 e. The number of hydrogen-bond donors (Lipinski definition) is 1. The van der Waals surface area contributed by atoms with Gasteiger partial charge in [0.25, 0.3) is 0 Å². The van der Waals surface area contributed by atoms with Crippen LogP contribution in [0.25, 0.3) is 0 Å². The molecule has 1 N–H and O–H groups in total. The molecule has 0 radical (unpaired) electrons. The Labute approximate surface area is 90.3 Å². The first-order valence-corrected chi connectivity index (χ1v) is 5.66. The maximum atomic E-state index is 8.50. The highest BCUT2D eigenvalue weighted by molar-refractivity contribution is 8.22. The van der Waals surface area contributed by atoms with E-state index in [0.29, 0.717) is 12.3 Å². The fourth-order valence-corrected chi connectivity index (χ4v) is 1.03. The first-order chi connectivity index (χ1) is 6.04. The van der Waals surface area contributed by atoms with Gasteiger partial charge in [-0.1, -0.05) is 32.5 Å². The predicted molar refractivity (Wildman–Crippen MR) is 63.0 cm³/mol. The summed E-state index contributed by atoms with van der Waals surface area (Å²) in [6.45, 7) is 6.17. The molecular formula is C9H17NOS2. The van der Waals surface area contributed by atoms with Gasteiger partial charge in [-0.2, -0.15) is 5.26 Å². The van der Waals surface area contributed by atoms with E-state index in [2.05, 4.69) is 26.1 Å². The van der Waals surface area contributed by atoms with Crippen molar-refractivity contribution < 1.29 is 5.11 Å². The second-order valence-corrected chi connectivity index (χ2v) is 4.53. The number of rotatable bonds is 3. The molecule has 0 spiro atoms. The fourth-order valence-electron chi connectivity index (χ4n) is 0.350. The van der Waals surface area contributed by atoms with Crippen molar-refractivity contribution in [1.82, 2.24) is 0 Å². The van der Waals surface area contributed by atoms with Crippen molar-refractivity contribution >= 4 is 28.4 Å². The maximum absolute atomic E-state index is 8.50. The molecule has 0 atom stereocenters. The Bertz CT molecular complexity index is 163. The summed E-state index contributed by atoms with van der Waals surface area (Å²) >= 11 is 5.76. The quantitative estimate of drug-likeness (QED) is 0.737. The Balaban J connectivity index is 0.